The fraction of sp³-hybridized carbons (Fsp3) is 0.571. The van der Waals surface area contributed by atoms with E-state index in [0.717, 1.165) is 24.3 Å². The monoisotopic (exact) mass is 255 g/mol. The van der Waals surface area contributed by atoms with Gasteiger partial charge >= 0.3 is 0 Å². The van der Waals surface area contributed by atoms with Gasteiger partial charge in [0.25, 0.3) is 0 Å². The quantitative estimate of drug-likeness (QED) is 0.867. The van der Waals surface area contributed by atoms with Crippen LogP contribution < -0.4 is 5.73 Å². The molecule has 1 aliphatic carbocycles. The Morgan fingerprint density at radius 3 is 2.71 bits per heavy atom. The fourth-order valence-corrected chi connectivity index (χ4v) is 2.84. The fourth-order valence-electron chi connectivity index (χ4n) is 2.73. The van der Waals surface area contributed by atoms with Crippen molar-refractivity contribution >= 4 is 11.6 Å². The molecular weight excluding hydrogens is 237 g/mol. The SMILES string of the molecule is NC(Cc1ccc(Cl)c(F)c1)CC1CCCC1. The molecule has 0 bridgehead atoms. The van der Waals surface area contributed by atoms with Crippen LogP contribution in [-0.4, -0.2) is 6.04 Å². The van der Waals surface area contributed by atoms with Crippen LogP contribution in [0.4, 0.5) is 4.39 Å². The predicted molar refractivity (Wildman–Crippen MR) is 69.7 cm³/mol. The van der Waals surface area contributed by atoms with Crippen LogP contribution >= 0.6 is 11.6 Å². The molecule has 0 spiro atoms. The number of benzene rings is 1. The zero-order chi connectivity index (χ0) is 12.3. The van der Waals surface area contributed by atoms with Gasteiger partial charge in [-0.1, -0.05) is 43.4 Å². The van der Waals surface area contributed by atoms with Crippen molar-refractivity contribution in [3.63, 3.8) is 0 Å². The summed E-state index contributed by atoms with van der Waals surface area (Å²) in [5.74, 6) is 0.430. The smallest absolute Gasteiger partial charge is 0.142 e. The average Bonchev–Trinajstić information content (AvgIpc) is 2.76. The number of hydrogen-bond acceptors (Lipinski definition) is 1. The van der Waals surface area contributed by atoms with Gasteiger partial charge in [-0.05, 0) is 36.5 Å². The van der Waals surface area contributed by atoms with Gasteiger partial charge in [-0.2, -0.15) is 0 Å². The minimum Gasteiger partial charge on any atom is -0.327 e. The number of nitrogens with two attached hydrogens (primary N) is 1. The highest BCUT2D eigenvalue weighted by Gasteiger charge is 2.18. The first-order chi connectivity index (χ1) is 8.15. The van der Waals surface area contributed by atoms with E-state index in [1.807, 2.05) is 6.07 Å². The summed E-state index contributed by atoms with van der Waals surface area (Å²) >= 11 is 5.65. The minimum absolute atomic E-state index is 0.138. The van der Waals surface area contributed by atoms with E-state index in [-0.39, 0.29) is 16.9 Å². The Bertz CT molecular complexity index is 374. The highest BCUT2D eigenvalue weighted by Crippen LogP contribution is 2.29. The molecule has 1 aliphatic rings. The Hall–Kier alpha value is -0.600. The third-order valence-corrected chi connectivity index (χ3v) is 3.90. The zero-order valence-corrected chi connectivity index (χ0v) is 10.7. The van der Waals surface area contributed by atoms with Crippen LogP contribution in [0.3, 0.4) is 0 Å². The first kappa shape index (κ1) is 12.8. The van der Waals surface area contributed by atoms with Gasteiger partial charge in [0, 0.05) is 6.04 Å². The Morgan fingerprint density at radius 2 is 2.06 bits per heavy atom. The molecule has 0 radical (unpaired) electrons. The molecule has 0 heterocycles. The van der Waals surface area contributed by atoms with Crippen molar-refractivity contribution in [1.82, 2.24) is 0 Å². The highest BCUT2D eigenvalue weighted by atomic mass is 35.5. The first-order valence-corrected chi connectivity index (χ1v) is 6.72. The number of halogens is 2. The largest absolute Gasteiger partial charge is 0.327 e. The molecule has 1 unspecified atom stereocenters. The molecule has 1 saturated carbocycles. The third kappa shape index (κ3) is 3.68. The molecule has 94 valence electrons. The summed E-state index contributed by atoms with van der Waals surface area (Å²) in [6.07, 6.45) is 7.10. The molecule has 3 heteroatoms. The molecule has 1 aromatic rings. The van der Waals surface area contributed by atoms with Crippen molar-refractivity contribution in [1.29, 1.82) is 0 Å². The summed E-state index contributed by atoms with van der Waals surface area (Å²) in [5.41, 5.74) is 7.06. The Morgan fingerprint density at radius 1 is 1.35 bits per heavy atom. The second-order valence-electron chi connectivity index (χ2n) is 5.10. The number of hydrogen-bond donors (Lipinski definition) is 1. The maximum absolute atomic E-state index is 13.3. The van der Waals surface area contributed by atoms with E-state index in [9.17, 15) is 4.39 Å². The number of rotatable bonds is 4. The Kier molecular flexibility index (Phi) is 4.41. The Labute approximate surface area is 107 Å². The van der Waals surface area contributed by atoms with Crippen molar-refractivity contribution in [2.75, 3.05) is 0 Å². The molecule has 1 atom stereocenters. The maximum atomic E-state index is 13.3. The molecule has 0 amide bonds. The van der Waals surface area contributed by atoms with Crippen molar-refractivity contribution in [3.05, 3.63) is 34.6 Å². The first-order valence-electron chi connectivity index (χ1n) is 6.34. The van der Waals surface area contributed by atoms with Crippen LogP contribution in [0.5, 0.6) is 0 Å². The van der Waals surface area contributed by atoms with Gasteiger partial charge in [0.15, 0.2) is 0 Å². The van der Waals surface area contributed by atoms with E-state index < -0.39 is 0 Å². The van der Waals surface area contributed by atoms with Gasteiger partial charge in [-0.3, -0.25) is 0 Å². The third-order valence-electron chi connectivity index (χ3n) is 3.59. The summed E-state index contributed by atoms with van der Waals surface area (Å²) in [6, 6.07) is 5.10. The lowest BCUT2D eigenvalue weighted by Crippen LogP contribution is -2.25. The second kappa shape index (κ2) is 5.83. The van der Waals surface area contributed by atoms with Crippen LogP contribution in [0.2, 0.25) is 5.02 Å². The van der Waals surface area contributed by atoms with E-state index in [1.165, 1.54) is 31.7 Å². The lowest BCUT2D eigenvalue weighted by Gasteiger charge is -2.16. The van der Waals surface area contributed by atoms with Gasteiger partial charge < -0.3 is 5.73 Å². The summed E-state index contributed by atoms with van der Waals surface area (Å²) in [5, 5.41) is 0.179. The molecule has 1 fully saturated rings. The van der Waals surface area contributed by atoms with Gasteiger partial charge in [0.2, 0.25) is 0 Å². The topological polar surface area (TPSA) is 26.0 Å². The summed E-state index contributed by atoms with van der Waals surface area (Å²) < 4.78 is 13.3. The van der Waals surface area contributed by atoms with E-state index in [2.05, 4.69) is 0 Å². The van der Waals surface area contributed by atoms with E-state index in [1.54, 1.807) is 6.07 Å². The van der Waals surface area contributed by atoms with Crippen LogP contribution in [-0.2, 0) is 6.42 Å². The van der Waals surface area contributed by atoms with Gasteiger partial charge in [0.1, 0.15) is 5.82 Å². The molecule has 1 nitrogen and oxygen atoms in total. The van der Waals surface area contributed by atoms with Crippen LogP contribution in [0, 0.1) is 11.7 Å². The lowest BCUT2D eigenvalue weighted by molar-refractivity contribution is 0.440. The second-order valence-corrected chi connectivity index (χ2v) is 5.51. The maximum Gasteiger partial charge on any atom is 0.142 e. The van der Waals surface area contributed by atoms with Crippen LogP contribution in [0.25, 0.3) is 0 Å². The van der Waals surface area contributed by atoms with E-state index >= 15 is 0 Å². The van der Waals surface area contributed by atoms with Gasteiger partial charge in [0.05, 0.1) is 5.02 Å². The van der Waals surface area contributed by atoms with Crippen molar-refractivity contribution in [2.24, 2.45) is 11.7 Å². The minimum atomic E-state index is -0.350. The molecule has 0 saturated heterocycles. The standard InChI is InChI=1S/C14H19ClFN/c15-13-6-5-11(9-14(13)16)8-12(17)7-10-3-1-2-4-10/h5-6,9-10,12H,1-4,7-8,17H2. The molecule has 2 rings (SSSR count). The van der Waals surface area contributed by atoms with Crippen molar-refractivity contribution in [3.8, 4) is 0 Å². The summed E-state index contributed by atoms with van der Waals surface area (Å²) in [6.45, 7) is 0. The molecule has 0 aromatic heterocycles. The van der Waals surface area contributed by atoms with Crippen molar-refractivity contribution < 1.29 is 4.39 Å². The molecule has 17 heavy (non-hydrogen) atoms. The molecule has 0 aliphatic heterocycles. The summed E-state index contributed by atoms with van der Waals surface area (Å²) in [7, 11) is 0. The lowest BCUT2D eigenvalue weighted by atomic mass is 9.94. The zero-order valence-electron chi connectivity index (χ0n) is 9.96. The van der Waals surface area contributed by atoms with Gasteiger partial charge in [-0.25, -0.2) is 4.39 Å². The molecule has 2 N–H and O–H groups in total. The highest BCUT2D eigenvalue weighted by molar-refractivity contribution is 6.30. The van der Waals surface area contributed by atoms with E-state index in [0.29, 0.717) is 0 Å². The summed E-state index contributed by atoms with van der Waals surface area (Å²) in [4.78, 5) is 0. The van der Waals surface area contributed by atoms with Crippen LogP contribution in [0.1, 0.15) is 37.7 Å². The Balaban J connectivity index is 1.88. The normalized spacial score (nSPS) is 18.5. The van der Waals surface area contributed by atoms with Gasteiger partial charge in [-0.15, -0.1) is 0 Å². The molecular formula is C14H19ClFN. The molecule has 1 aromatic carbocycles. The van der Waals surface area contributed by atoms with Crippen molar-refractivity contribution in [2.45, 2.75) is 44.6 Å². The predicted octanol–water partition coefficient (Wildman–Crippen LogP) is 3.93. The van der Waals surface area contributed by atoms with Crippen LogP contribution in [0.15, 0.2) is 18.2 Å². The average molecular weight is 256 g/mol. The van der Waals surface area contributed by atoms with E-state index in [4.69, 9.17) is 17.3 Å².